The maximum absolute atomic E-state index is 12.5. The van der Waals surface area contributed by atoms with Gasteiger partial charge in [-0.15, -0.1) is 0 Å². The van der Waals surface area contributed by atoms with Crippen molar-refractivity contribution in [2.45, 2.75) is 39.2 Å². The van der Waals surface area contributed by atoms with Gasteiger partial charge in [-0.2, -0.15) is 5.10 Å². The molecular weight excluding hydrogens is 350 g/mol. The summed E-state index contributed by atoms with van der Waals surface area (Å²) in [5, 5.41) is 3.62. The Bertz CT molecular complexity index is 685. The van der Waals surface area contributed by atoms with E-state index in [1.54, 1.807) is 0 Å². The van der Waals surface area contributed by atoms with Crippen molar-refractivity contribution in [1.82, 2.24) is 10.3 Å². The molecule has 2 aliphatic rings. The van der Waals surface area contributed by atoms with Crippen molar-refractivity contribution in [3.8, 4) is 0 Å². The van der Waals surface area contributed by atoms with Crippen LogP contribution < -0.4 is 5.43 Å². The molecule has 2 aliphatic heterocycles. The number of esters is 1. The lowest BCUT2D eigenvalue weighted by atomic mass is 10.1. The van der Waals surface area contributed by atoms with Crippen LogP contribution in [0.3, 0.4) is 0 Å². The molecule has 0 unspecified atom stereocenters. The lowest BCUT2D eigenvalue weighted by Crippen LogP contribution is -2.45. The average Bonchev–Trinajstić information content (AvgIpc) is 2.90. The van der Waals surface area contributed by atoms with Gasteiger partial charge < -0.3 is 9.64 Å². The van der Waals surface area contributed by atoms with Crippen LogP contribution in [0.4, 0.5) is 0 Å². The number of carbonyl (C=O) groups is 3. The Morgan fingerprint density at radius 2 is 2.08 bits per heavy atom. The average molecular weight is 373 g/mol. The predicted molar refractivity (Wildman–Crippen MR) is 89.4 cm³/mol. The molecule has 0 saturated carbocycles. The molecule has 2 heterocycles. The Morgan fingerprint density at radius 1 is 1.36 bits per heavy atom. The van der Waals surface area contributed by atoms with Crippen LogP contribution in [0, 0.1) is 5.92 Å². The second-order valence-corrected chi connectivity index (χ2v) is 8.90. The quantitative estimate of drug-likeness (QED) is 0.625. The van der Waals surface area contributed by atoms with E-state index in [0.29, 0.717) is 13.0 Å². The van der Waals surface area contributed by atoms with E-state index >= 15 is 0 Å². The SMILES string of the molecule is CC(C)CN(C(=O)COC(=O)C1=NNC(=O)CC1)[C@@H]1CCS(=O)(=O)C1. The normalized spacial score (nSPS) is 22.3. The third-order valence-corrected chi connectivity index (χ3v) is 5.75. The number of ether oxygens (including phenoxy) is 1. The molecule has 25 heavy (non-hydrogen) atoms. The van der Waals surface area contributed by atoms with Crippen LogP contribution in [0.5, 0.6) is 0 Å². The number of nitrogens with zero attached hydrogens (tertiary/aromatic N) is 2. The van der Waals surface area contributed by atoms with Crippen molar-refractivity contribution in [1.29, 1.82) is 0 Å². The van der Waals surface area contributed by atoms with Crippen LogP contribution in [0.15, 0.2) is 5.10 Å². The fourth-order valence-electron chi connectivity index (χ4n) is 2.78. The molecule has 2 amide bonds. The molecule has 0 radical (unpaired) electrons. The van der Waals surface area contributed by atoms with Gasteiger partial charge in [0.15, 0.2) is 16.4 Å². The Labute approximate surface area is 146 Å². The Balaban J connectivity index is 1.95. The van der Waals surface area contributed by atoms with Gasteiger partial charge in [0.25, 0.3) is 5.91 Å². The maximum atomic E-state index is 12.5. The minimum absolute atomic E-state index is 0.0574. The number of carbonyl (C=O) groups excluding carboxylic acids is 3. The Morgan fingerprint density at radius 3 is 2.60 bits per heavy atom. The van der Waals surface area contributed by atoms with E-state index < -0.39 is 28.3 Å². The molecule has 1 atom stereocenters. The van der Waals surface area contributed by atoms with Gasteiger partial charge in [-0.3, -0.25) is 9.59 Å². The zero-order valence-corrected chi connectivity index (χ0v) is 15.2. The largest absolute Gasteiger partial charge is 0.451 e. The molecule has 0 aromatic rings. The molecular formula is C15H23N3O6S. The van der Waals surface area contributed by atoms with E-state index in [2.05, 4.69) is 10.5 Å². The number of rotatable bonds is 6. The summed E-state index contributed by atoms with van der Waals surface area (Å²) in [6, 6.07) is -0.384. The number of hydrogen-bond donors (Lipinski definition) is 1. The standard InChI is InChI=1S/C15H23N3O6S/c1-10(2)7-18(11-5-6-25(22,23)9-11)14(20)8-24-15(21)12-3-4-13(19)17-16-12/h10-11H,3-9H2,1-2H3,(H,17,19)/t11-/m1/s1. The van der Waals surface area contributed by atoms with Gasteiger partial charge in [-0.25, -0.2) is 18.6 Å². The minimum Gasteiger partial charge on any atom is -0.451 e. The van der Waals surface area contributed by atoms with Gasteiger partial charge in [0.2, 0.25) is 5.91 Å². The van der Waals surface area contributed by atoms with E-state index in [1.807, 2.05) is 13.8 Å². The first-order valence-corrected chi connectivity index (χ1v) is 10.0. The minimum atomic E-state index is -3.12. The molecule has 0 spiro atoms. The Kier molecular flexibility index (Phi) is 6.15. The first kappa shape index (κ1) is 19.4. The van der Waals surface area contributed by atoms with Gasteiger partial charge in [0.05, 0.1) is 11.5 Å². The lowest BCUT2D eigenvalue weighted by Gasteiger charge is -2.29. The molecule has 9 nitrogen and oxygen atoms in total. The second kappa shape index (κ2) is 7.94. The van der Waals surface area contributed by atoms with E-state index in [-0.39, 0.29) is 47.9 Å². The van der Waals surface area contributed by atoms with E-state index in [1.165, 1.54) is 4.90 Å². The third-order valence-electron chi connectivity index (χ3n) is 4.00. The molecule has 2 rings (SSSR count). The van der Waals surface area contributed by atoms with Gasteiger partial charge in [-0.1, -0.05) is 13.8 Å². The van der Waals surface area contributed by atoms with Gasteiger partial charge >= 0.3 is 5.97 Å². The van der Waals surface area contributed by atoms with Crippen LogP contribution in [0.2, 0.25) is 0 Å². The molecule has 0 aromatic heterocycles. The molecule has 1 N–H and O–H groups in total. The lowest BCUT2D eigenvalue weighted by molar-refractivity contribution is -0.148. The van der Waals surface area contributed by atoms with Crippen LogP contribution in [-0.4, -0.2) is 67.5 Å². The molecule has 1 fully saturated rings. The summed E-state index contributed by atoms with van der Waals surface area (Å²) in [4.78, 5) is 36.9. The van der Waals surface area contributed by atoms with Crippen LogP contribution >= 0.6 is 0 Å². The second-order valence-electron chi connectivity index (χ2n) is 6.67. The predicted octanol–water partition coefficient (Wildman–Crippen LogP) is -0.533. The summed E-state index contributed by atoms with van der Waals surface area (Å²) in [6.45, 7) is 3.77. The van der Waals surface area contributed by atoms with Gasteiger partial charge in [0, 0.05) is 25.4 Å². The highest BCUT2D eigenvalue weighted by atomic mass is 32.2. The first-order valence-electron chi connectivity index (χ1n) is 8.20. The summed E-state index contributed by atoms with van der Waals surface area (Å²) in [5.74, 6) is -1.30. The van der Waals surface area contributed by atoms with Crippen molar-refractivity contribution < 1.29 is 27.5 Å². The highest BCUT2D eigenvalue weighted by Crippen LogP contribution is 2.19. The number of sulfone groups is 1. The number of hydrazone groups is 1. The van der Waals surface area contributed by atoms with E-state index in [0.717, 1.165) is 0 Å². The topological polar surface area (TPSA) is 122 Å². The molecule has 1 saturated heterocycles. The maximum Gasteiger partial charge on any atom is 0.355 e. The summed E-state index contributed by atoms with van der Waals surface area (Å²) >= 11 is 0. The monoisotopic (exact) mass is 373 g/mol. The molecule has 0 aromatic carbocycles. The summed E-state index contributed by atoms with van der Waals surface area (Å²) in [5.41, 5.74) is 2.25. The van der Waals surface area contributed by atoms with Crippen LogP contribution in [-0.2, 0) is 29.0 Å². The Hall–Kier alpha value is -1.97. The molecule has 10 heteroatoms. The van der Waals surface area contributed by atoms with Gasteiger partial charge in [-0.05, 0) is 12.3 Å². The van der Waals surface area contributed by atoms with Crippen LogP contribution in [0.25, 0.3) is 0 Å². The zero-order valence-electron chi connectivity index (χ0n) is 14.4. The molecule has 0 bridgehead atoms. The summed E-state index contributed by atoms with van der Waals surface area (Å²) < 4.78 is 28.3. The highest BCUT2D eigenvalue weighted by molar-refractivity contribution is 7.91. The van der Waals surface area contributed by atoms with Crippen molar-refractivity contribution in [3.63, 3.8) is 0 Å². The van der Waals surface area contributed by atoms with Crippen molar-refractivity contribution >= 4 is 33.3 Å². The van der Waals surface area contributed by atoms with Crippen molar-refractivity contribution in [2.24, 2.45) is 11.0 Å². The summed E-state index contributed by atoms with van der Waals surface area (Å²) in [6.07, 6.45) is 0.699. The van der Waals surface area contributed by atoms with Crippen LogP contribution in [0.1, 0.15) is 33.1 Å². The first-order chi connectivity index (χ1) is 11.7. The number of amides is 2. The van der Waals surface area contributed by atoms with Gasteiger partial charge in [0.1, 0.15) is 5.71 Å². The smallest absolute Gasteiger partial charge is 0.355 e. The highest BCUT2D eigenvalue weighted by Gasteiger charge is 2.35. The molecule has 140 valence electrons. The third kappa shape index (κ3) is 5.52. The fourth-order valence-corrected chi connectivity index (χ4v) is 4.51. The van der Waals surface area contributed by atoms with E-state index in [9.17, 15) is 22.8 Å². The zero-order chi connectivity index (χ0) is 18.6. The molecule has 0 aliphatic carbocycles. The van der Waals surface area contributed by atoms with Crippen molar-refractivity contribution in [2.75, 3.05) is 24.7 Å². The van der Waals surface area contributed by atoms with Crippen molar-refractivity contribution in [3.05, 3.63) is 0 Å². The summed E-state index contributed by atoms with van der Waals surface area (Å²) in [7, 11) is -3.12. The number of hydrogen-bond acceptors (Lipinski definition) is 7. The van der Waals surface area contributed by atoms with E-state index in [4.69, 9.17) is 4.74 Å². The fraction of sp³-hybridized carbons (Fsp3) is 0.733. The number of nitrogens with one attached hydrogen (secondary N) is 1.